The molecule has 1 fully saturated rings. The highest BCUT2D eigenvalue weighted by molar-refractivity contribution is 6.30. The Morgan fingerprint density at radius 1 is 1.08 bits per heavy atom. The molecule has 0 unspecified atom stereocenters. The van der Waals surface area contributed by atoms with Gasteiger partial charge in [0.2, 0.25) is 0 Å². The van der Waals surface area contributed by atoms with Crippen LogP contribution in [0.3, 0.4) is 0 Å². The Balaban J connectivity index is 1.32. The van der Waals surface area contributed by atoms with Gasteiger partial charge >= 0.3 is 0 Å². The van der Waals surface area contributed by atoms with E-state index in [1.807, 2.05) is 48.0 Å². The number of halogens is 1. The number of fused-ring (bicyclic) bond motifs is 1. The number of carbonyl (C=O) groups is 1. The fourth-order valence-corrected chi connectivity index (χ4v) is 4.71. The molecule has 1 saturated heterocycles. The first kappa shape index (κ1) is 25.0. The minimum absolute atomic E-state index is 0.219. The van der Waals surface area contributed by atoms with Gasteiger partial charge < -0.3 is 24.3 Å². The fourth-order valence-electron chi connectivity index (χ4n) is 4.58. The normalized spacial score (nSPS) is 13.7. The van der Waals surface area contributed by atoms with Gasteiger partial charge in [-0.15, -0.1) is 0 Å². The number of benzene rings is 2. The summed E-state index contributed by atoms with van der Waals surface area (Å²) in [7, 11) is 3.59. The van der Waals surface area contributed by atoms with E-state index < -0.39 is 0 Å². The lowest BCUT2D eigenvalue weighted by Gasteiger charge is -2.14. The molecule has 0 saturated carbocycles. The van der Waals surface area contributed by atoms with Crippen LogP contribution in [0.15, 0.2) is 54.7 Å². The van der Waals surface area contributed by atoms with Gasteiger partial charge in [-0.3, -0.25) is 9.78 Å². The quantitative estimate of drug-likeness (QED) is 0.341. The number of imidazole rings is 1. The first-order chi connectivity index (χ1) is 18.0. The molecule has 0 spiro atoms. The van der Waals surface area contributed by atoms with Crippen molar-refractivity contribution in [3.05, 3.63) is 76.8 Å². The Bertz CT molecular complexity index is 1400. The standard InChI is InChI=1S/C28H30ClN5O3/c1-33-24-18-25(36-2)26(17-22(24)32-27(33)15-19-5-7-20(29)8-6-19)37-21-9-10-30-23(16-21)28(35)31-11-14-34-12-3-4-13-34/h5-10,16-18H,3-4,11-15H2,1-2H3,(H,31,35). The number of rotatable bonds is 9. The molecule has 2 aromatic carbocycles. The molecule has 5 rings (SSSR count). The van der Waals surface area contributed by atoms with Crippen molar-refractivity contribution in [3.8, 4) is 17.2 Å². The van der Waals surface area contributed by atoms with Crippen LogP contribution in [-0.2, 0) is 13.5 Å². The van der Waals surface area contributed by atoms with E-state index in [1.165, 1.54) is 12.8 Å². The van der Waals surface area contributed by atoms with Gasteiger partial charge in [0.15, 0.2) is 11.5 Å². The smallest absolute Gasteiger partial charge is 0.270 e. The SMILES string of the molecule is COc1cc2c(cc1Oc1ccnc(C(=O)NCCN3CCCC3)c1)nc(Cc1ccc(Cl)cc1)n2C. The Morgan fingerprint density at radius 3 is 2.62 bits per heavy atom. The molecule has 1 aliphatic rings. The van der Waals surface area contributed by atoms with Crippen LogP contribution in [0.4, 0.5) is 0 Å². The van der Waals surface area contributed by atoms with Crippen LogP contribution < -0.4 is 14.8 Å². The number of hydrogen-bond donors (Lipinski definition) is 1. The Morgan fingerprint density at radius 2 is 1.86 bits per heavy atom. The molecule has 2 aromatic heterocycles. The number of aromatic nitrogens is 3. The van der Waals surface area contributed by atoms with Crippen molar-refractivity contribution >= 4 is 28.5 Å². The van der Waals surface area contributed by atoms with Gasteiger partial charge in [0, 0.05) is 56.0 Å². The van der Waals surface area contributed by atoms with E-state index in [-0.39, 0.29) is 5.91 Å². The van der Waals surface area contributed by atoms with E-state index in [9.17, 15) is 4.79 Å². The van der Waals surface area contributed by atoms with Gasteiger partial charge in [-0.05, 0) is 49.7 Å². The fraction of sp³-hybridized carbons (Fsp3) is 0.321. The summed E-state index contributed by atoms with van der Waals surface area (Å²) in [6.45, 7) is 3.64. The van der Waals surface area contributed by atoms with Gasteiger partial charge in [0.05, 0.1) is 18.1 Å². The highest BCUT2D eigenvalue weighted by Gasteiger charge is 2.16. The summed E-state index contributed by atoms with van der Waals surface area (Å²) >= 11 is 6.02. The molecule has 0 atom stereocenters. The molecule has 0 radical (unpaired) electrons. The van der Waals surface area contributed by atoms with Gasteiger partial charge in [0.25, 0.3) is 5.91 Å². The molecule has 4 aromatic rings. The van der Waals surface area contributed by atoms with Crippen LogP contribution in [0, 0.1) is 0 Å². The maximum Gasteiger partial charge on any atom is 0.270 e. The summed E-state index contributed by atoms with van der Waals surface area (Å²) in [5, 5.41) is 3.66. The average Bonchev–Trinajstić information content (AvgIpc) is 3.53. The highest BCUT2D eigenvalue weighted by atomic mass is 35.5. The van der Waals surface area contributed by atoms with Crippen molar-refractivity contribution in [2.75, 3.05) is 33.3 Å². The molecule has 1 aliphatic heterocycles. The van der Waals surface area contributed by atoms with Gasteiger partial charge in [-0.25, -0.2) is 4.98 Å². The monoisotopic (exact) mass is 519 g/mol. The van der Waals surface area contributed by atoms with Crippen molar-refractivity contribution in [1.82, 2.24) is 24.8 Å². The Kier molecular flexibility index (Phi) is 7.58. The molecule has 0 bridgehead atoms. The van der Waals surface area contributed by atoms with E-state index in [0.717, 1.165) is 42.1 Å². The number of amides is 1. The molecule has 0 aliphatic carbocycles. The van der Waals surface area contributed by atoms with Crippen molar-refractivity contribution < 1.29 is 14.3 Å². The summed E-state index contributed by atoms with van der Waals surface area (Å²) in [4.78, 5) is 24.0. The third-order valence-electron chi connectivity index (χ3n) is 6.64. The summed E-state index contributed by atoms with van der Waals surface area (Å²) in [6, 6.07) is 14.9. The van der Waals surface area contributed by atoms with Crippen LogP contribution in [0.5, 0.6) is 17.2 Å². The molecule has 1 N–H and O–H groups in total. The molecular weight excluding hydrogens is 490 g/mol. The third kappa shape index (κ3) is 5.87. The van der Waals surface area contributed by atoms with E-state index in [1.54, 1.807) is 25.4 Å². The van der Waals surface area contributed by atoms with Gasteiger partial charge in [-0.2, -0.15) is 0 Å². The lowest BCUT2D eigenvalue weighted by Crippen LogP contribution is -2.33. The second-order valence-corrected chi connectivity index (χ2v) is 9.60. The van der Waals surface area contributed by atoms with Crippen LogP contribution >= 0.6 is 11.6 Å². The summed E-state index contributed by atoms with van der Waals surface area (Å²) in [5.41, 5.74) is 3.15. The zero-order valence-corrected chi connectivity index (χ0v) is 21.8. The molecule has 3 heterocycles. The number of ether oxygens (including phenoxy) is 2. The van der Waals surface area contributed by atoms with E-state index in [4.69, 9.17) is 26.1 Å². The number of pyridine rings is 1. The van der Waals surface area contributed by atoms with Crippen molar-refractivity contribution in [2.24, 2.45) is 7.05 Å². The molecule has 8 nitrogen and oxygen atoms in total. The molecule has 192 valence electrons. The van der Waals surface area contributed by atoms with Crippen LogP contribution in [0.1, 0.15) is 34.7 Å². The zero-order chi connectivity index (χ0) is 25.8. The molecular formula is C28H30ClN5O3. The van der Waals surface area contributed by atoms with Crippen molar-refractivity contribution in [2.45, 2.75) is 19.3 Å². The minimum Gasteiger partial charge on any atom is -0.493 e. The first-order valence-corrected chi connectivity index (χ1v) is 12.8. The number of carbonyl (C=O) groups excluding carboxylic acids is 1. The zero-order valence-electron chi connectivity index (χ0n) is 21.0. The number of nitrogens with zero attached hydrogens (tertiary/aromatic N) is 4. The van der Waals surface area contributed by atoms with Crippen molar-refractivity contribution in [3.63, 3.8) is 0 Å². The third-order valence-corrected chi connectivity index (χ3v) is 6.89. The summed E-state index contributed by atoms with van der Waals surface area (Å²) in [6.07, 6.45) is 4.70. The maximum atomic E-state index is 12.6. The highest BCUT2D eigenvalue weighted by Crippen LogP contribution is 2.36. The topological polar surface area (TPSA) is 81.5 Å². The summed E-state index contributed by atoms with van der Waals surface area (Å²) < 4.78 is 13.8. The van der Waals surface area contributed by atoms with Crippen LogP contribution in [0.2, 0.25) is 5.02 Å². The van der Waals surface area contributed by atoms with E-state index in [2.05, 4.69) is 15.2 Å². The first-order valence-electron chi connectivity index (χ1n) is 12.4. The number of nitrogens with one attached hydrogen (secondary N) is 1. The second-order valence-electron chi connectivity index (χ2n) is 9.17. The minimum atomic E-state index is -0.219. The number of likely N-dealkylation sites (tertiary alicyclic amines) is 1. The summed E-state index contributed by atoms with van der Waals surface area (Å²) in [5.74, 6) is 2.27. The Labute approximate surface area is 221 Å². The molecule has 1 amide bonds. The lowest BCUT2D eigenvalue weighted by atomic mass is 10.1. The van der Waals surface area contributed by atoms with E-state index >= 15 is 0 Å². The van der Waals surface area contributed by atoms with E-state index in [0.29, 0.717) is 40.9 Å². The van der Waals surface area contributed by atoms with Gasteiger partial charge in [-0.1, -0.05) is 23.7 Å². The van der Waals surface area contributed by atoms with Crippen LogP contribution in [0.25, 0.3) is 11.0 Å². The molecule has 37 heavy (non-hydrogen) atoms. The van der Waals surface area contributed by atoms with Gasteiger partial charge in [0.1, 0.15) is 17.3 Å². The number of hydrogen-bond acceptors (Lipinski definition) is 6. The number of methoxy groups -OCH3 is 1. The van der Waals surface area contributed by atoms with Crippen LogP contribution in [-0.4, -0.2) is 58.6 Å². The number of aryl methyl sites for hydroxylation is 1. The molecule has 9 heteroatoms. The predicted octanol–water partition coefficient (Wildman–Crippen LogP) is 4.84. The average molecular weight is 520 g/mol. The maximum absolute atomic E-state index is 12.6. The Hall–Kier alpha value is -3.62. The second kappa shape index (κ2) is 11.2. The largest absolute Gasteiger partial charge is 0.493 e. The predicted molar refractivity (Wildman–Crippen MR) is 144 cm³/mol. The van der Waals surface area contributed by atoms with Crippen molar-refractivity contribution in [1.29, 1.82) is 0 Å². The lowest BCUT2D eigenvalue weighted by molar-refractivity contribution is 0.0944.